The number of nitrogens with one attached hydrogen (secondary N) is 4. The average Bonchev–Trinajstić information content (AvgIpc) is 3.83. The highest BCUT2D eigenvalue weighted by Crippen LogP contribution is 2.41. The Kier molecular flexibility index (Phi) is 21.4. The molecule has 4 aromatic rings. The maximum Gasteiger partial charge on any atom is 0.258 e. The molecule has 2 aromatic heterocycles. The van der Waals surface area contributed by atoms with Crippen molar-refractivity contribution in [3.8, 4) is 16.2 Å². The highest BCUT2D eigenvalue weighted by Gasteiger charge is 2.54. The molecule has 20 nitrogen and oxygen atoms in total. The number of hydrogen-bond donors (Lipinski definition) is 5. The Morgan fingerprint density at radius 3 is 2.25 bits per heavy atom. The monoisotopic (exact) mass is 1110 g/mol. The van der Waals surface area contributed by atoms with Crippen LogP contribution in [0.5, 0.6) is 5.75 Å². The van der Waals surface area contributed by atoms with Crippen LogP contribution in [0.1, 0.15) is 54.7 Å². The van der Waals surface area contributed by atoms with Crippen LogP contribution in [0, 0.1) is 6.92 Å². The molecule has 1 saturated carbocycles. The summed E-state index contributed by atoms with van der Waals surface area (Å²) in [5.41, 5.74) is 3.74. The molecule has 414 valence electrons. The molecule has 3 fully saturated rings. The number of aliphatic hydroxyl groups is 1. The van der Waals surface area contributed by atoms with E-state index in [1.807, 2.05) is 36.1 Å². The van der Waals surface area contributed by atoms with E-state index >= 15 is 0 Å². The number of β-amino-alcohol motifs (C(OH)–C–C–N with tert-alkyl or cyclic N) is 1. The molecule has 76 heavy (non-hydrogen) atoms. The predicted molar refractivity (Wildman–Crippen MR) is 290 cm³/mol. The number of hydrogen-bond acceptors (Lipinski definition) is 18. The molecular weight excluding hydrogens is 1040 g/mol. The Bertz CT molecular complexity index is 2570. The third-order valence-electron chi connectivity index (χ3n) is 13.3. The van der Waals surface area contributed by atoms with Gasteiger partial charge in [-0.2, -0.15) is 16.7 Å². The summed E-state index contributed by atoms with van der Waals surface area (Å²) in [7, 11) is 3.26. The van der Waals surface area contributed by atoms with E-state index in [0.29, 0.717) is 105 Å². The van der Waals surface area contributed by atoms with E-state index in [-0.39, 0.29) is 38.3 Å². The van der Waals surface area contributed by atoms with Gasteiger partial charge in [-0.05, 0) is 62.9 Å². The number of methoxy groups -OCH3 is 1. The number of benzene rings is 2. The van der Waals surface area contributed by atoms with E-state index in [2.05, 4.69) is 41.1 Å². The normalized spacial score (nSPS) is 17.8. The molecule has 5 N–H and O–H groups in total. The summed E-state index contributed by atoms with van der Waals surface area (Å²) in [5, 5.41) is 22.7. The van der Waals surface area contributed by atoms with Crippen LogP contribution in [0.2, 0.25) is 5.02 Å². The molecule has 2 aliphatic heterocycles. The summed E-state index contributed by atoms with van der Waals surface area (Å²) in [4.78, 5) is 73.7. The van der Waals surface area contributed by atoms with Gasteiger partial charge in [0.2, 0.25) is 17.8 Å². The van der Waals surface area contributed by atoms with Gasteiger partial charge in [0.25, 0.3) is 11.8 Å². The maximum atomic E-state index is 15.0. The minimum Gasteiger partial charge on any atom is -0.495 e. The first-order valence-electron chi connectivity index (χ1n) is 25.5. The minimum absolute atomic E-state index is 0.0317. The number of amides is 4. The van der Waals surface area contributed by atoms with Crippen LogP contribution >= 0.6 is 34.7 Å². The van der Waals surface area contributed by atoms with Crippen molar-refractivity contribution >= 4 is 75.8 Å². The molecule has 7 rings (SSSR count). The van der Waals surface area contributed by atoms with Crippen molar-refractivity contribution in [2.75, 3.05) is 123 Å². The Labute approximate surface area is 456 Å². The zero-order valence-corrected chi connectivity index (χ0v) is 46.1. The van der Waals surface area contributed by atoms with E-state index in [9.17, 15) is 28.7 Å². The molecule has 24 heteroatoms. The Morgan fingerprint density at radius 1 is 0.947 bits per heavy atom. The molecule has 0 radical (unpaired) electrons. The van der Waals surface area contributed by atoms with Crippen LogP contribution in [0.25, 0.3) is 10.4 Å². The molecule has 0 bridgehead atoms. The summed E-state index contributed by atoms with van der Waals surface area (Å²) in [6.45, 7) is 12.2. The van der Waals surface area contributed by atoms with Crippen molar-refractivity contribution in [3.63, 3.8) is 0 Å². The van der Waals surface area contributed by atoms with Crippen molar-refractivity contribution in [1.82, 2.24) is 40.3 Å². The zero-order valence-electron chi connectivity index (χ0n) is 43.7. The summed E-state index contributed by atoms with van der Waals surface area (Å²) < 4.78 is 42.5. The van der Waals surface area contributed by atoms with Gasteiger partial charge in [0, 0.05) is 75.3 Å². The second-order valence-electron chi connectivity index (χ2n) is 19.2. The van der Waals surface area contributed by atoms with Gasteiger partial charge in [-0.3, -0.25) is 24.1 Å². The van der Waals surface area contributed by atoms with E-state index in [0.717, 1.165) is 41.3 Å². The highest BCUT2D eigenvalue weighted by molar-refractivity contribution is 8.00. The molecule has 3 atom stereocenters. The smallest absolute Gasteiger partial charge is 0.258 e. The number of aromatic nitrogens is 3. The number of halogens is 2. The van der Waals surface area contributed by atoms with Gasteiger partial charge in [0.15, 0.2) is 5.67 Å². The van der Waals surface area contributed by atoms with Gasteiger partial charge in [0.05, 0.1) is 94.0 Å². The predicted octanol–water partition coefficient (Wildman–Crippen LogP) is 4.96. The highest BCUT2D eigenvalue weighted by atomic mass is 35.5. The van der Waals surface area contributed by atoms with Crippen molar-refractivity contribution in [2.24, 2.45) is 0 Å². The second kappa shape index (κ2) is 27.9. The first-order valence-corrected chi connectivity index (χ1v) is 27.7. The van der Waals surface area contributed by atoms with Gasteiger partial charge < -0.3 is 59.9 Å². The fourth-order valence-corrected chi connectivity index (χ4v) is 10.7. The molecule has 1 unspecified atom stereocenters. The fraction of sp³-hybridized carbons (Fsp3) is 0.558. The van der Waals surface area contributed by atoms with Crippen LogP contribution in [-0.2, 0) is 39.9 Å². The number of carbonyl (C=O) groups excluding carboxylic acids is 4. The Balaban J connectivity index is 0.732. The lowest BCUT2D eigenvalue weighted by atomic mass is 10.00. The van der Waals surface area contributed by atoms with Crippen LogP contribution in [0.15, 0.2) is 54.2 Å². The SMILES string of the molecule is CNc1nc(Nc2ccc(C(=O)N3CCN(CCOCCOCCOCCOCCSC(C)(C)C(NC(=O)C4(F)CC4)C(=O)N4C[C@H](O)C[C@H]4C(=O)NCc4ccc(-c5scnc5C)cc4)CC3)cc2OC)ncc1Cl. The number of likely N-dealkylation sites (tertiary alicyclic amines) is 1. The van der Waals surface area contributed by atoms with Crippen molar-refractivity contribution in [3.05, 3.63) is 76.0 Å². The molecule has 3 aliphatic rings. The number of rotatable bonds is 29. The van der Waals surface area contributed by atoms with Gasteiger partial charge in [-0.15, -0.1) is 11.3 Å². The van der Waals surface area contributed by atoms with E-state index in [1.54, 1.807) is 63.1 Å². The molecule has 2 saturated heterocycles. The number of piperazine rings is 1. The van der Waals surface area contributed by atoms with Crippen molar-refractivity contribution < 1.29 is 52.4 Å². The van der Waals surface area contributed by atoms with Crippen molar-refractivity contribution in [1.29, 1.82) is 0 Å². The van der Waals surface area contributed by atoms with Gasteiger partial charge in [-0.25, -0.2) is 14.4 Å². The zero-order chi connectivity index (χ0) is 54.2. The number of nitrogens with zero attached hydrogens (tertiary/aromatic N) is 6. The van der Waals surface area contributed by atoms with E-state index in [4.69, 9.17) is 35.3 Å². The van der Waals surface area contributed by atoms with Crippen LogP contribution in [-0.4, -0.2) is 199 Å². The number of anilines is 3. The lowest BCUT2D eigenvalue weighted by molar-refractivity contribution is -0.143. The first kappa shape index (κ1) is 58.4. The second-order valence-corrected chi connectivity index (χ2v) is 22.2. The maximum absolute atomic E-state index is 15.0. The lowest BCUT2D eigenvalue weighted by Gasteiger charge is -2.37. The molecule has 2 aromatic carbocycles. The van der Waals surface area contributed by atoms with Crippen molar-refractivity contribution in [2.45, 2.75) is 75.2 Å². The summed E-state index contributed by atoms with van der Waals surface area (Å²) in [5.74, 6) is -0.167. The minimum atomic E-state index is -2.03. The molecule has 4 amide bonds. The molecule has 1 aliphatic carbocycles. The summed E-state index contributed by atoms with van der Waals surface area (Å²) in [6, 6.07) is 10.9. The van der Waals surface area contributed by atoms with Gasteiger partial charge in [0.1, 0.15) is 28.7 Å². The quantitative estimate of drug-likeness (QED) is 0.0453. The lowest BCUT2D eigenvalue weighted by Crippen LogP contribution is -2.61. The van der Waals surface area contributed by atoms with E-state index < -0.39 is 46.3 Å². The third-order valence-corrected chi connectivity index (χ3v) is 15.9. The standard InChI is InChI=1S/C52H70ClFN10O10S2/c1-34-43(75-33-58-34)36-8-6-35(7-9-36)30-56-46(66)41-29-38(65)32-64(41)48(68)44(60-49(69)52(54)12-13-52)51(2,3)76-27-26-74-25-24-73-23-22-72-21-20-71-19-18-62-14-16-63(17-15-62)47(67)37-10-11-40(42(28-37)70-5)59-50-57-31-39(53)45(55-4)61-50/h6-11,28,31,33,38,41,44,65H,12-27,29-30,32H2,1-5H3,(H,56,66)(H,60,69)(H2,55,57,59,61)/t38-,41+,44?/m1/s1. The van der Waals surface area contributed by atoms with Crippen LogP contribution < -0.4 is 26.0 Å². The average molecular weight is 1110 g/mol. The van der Waals surface area contributed by atoms with Gasteiger partial charge in [-0.1, -0.05) is 35.9 Å². The first-order chi connectivity index (χ1) is 36.6. The number of aliphatic hydroxyl groups excluding tert-OH is 1. The number of aryl methyl sites for hydroxylation is 1. The Hall–Kier alpha value is -5.24. The molecule has 0 spiro atoms. The Morgan fingerprint density at radius 2 is 1.62 bits per heavy atom. The van der Waals surface area contributed by atoms with Gasteiger partial charge >= 0.3 is 0 Å². The number of alkyl halides is 1. The number of thiazole rings is 1. The largest absolute Gasteiger partial charge is 0.495 e. The summed E-state index contributed by atoms with van der Waals surface area (Å²) >= 11 is 9.05. The molecular formula is C52H70ClFN10O10S2. The topological polar surface area (TPSA) is 231 Å². The third kappa shape index (κ3) is 16.2. The number of ether oxygens (including phenoxy) is 5. The van der Waals surface area contributed by atoms with E-state index in [1.165, 1.54) is 22.9 Å². The molecule has 4 heterocycles. The van der Waals surface area contributed by atoms with Crippen LogP contribution in [0.4, 0.5) is 21.8 Å². The number of thioether (sulfide) groups is 1. The van der Waals surface area contributed by atoms with Crippen LogP contribution in [0.3, 0.4) is 0 Å². The fourth-order valence-electron chi connectivity index (χ4n) is 8.67. The number of carbonyl (C=O) groups is 4. The summed E-state index contributed by atoms with van der Waals surface area (Å²) in [6.07, 6.45) is 0.735.